The lowest BCUT2D eigenvalue weighted by Crippen LogP contribution is -2.36. The minimum absolute atomic E-state index is 0.0202. The van der Waals surface area contributed by atoms with E-state index in [4.69, 9.17) is 14.9 Å². The summed E-state index contributed by atoms with van der Waals surface area (Å²) in [5, 5.41) is 8.60. The van der Waals surface area contributed by atoms with Gasteiger partial charge < -0.3 is 24.5 Å². The number of nitrogens with zero attached hydrogens (tertiary/aromatic N) is 4. The Bertz CT molecular complexity index is 1840. The number of benzene rings is 2. The van der Waals surface area contributed by atoms with E-state index in [-0.39, 0.29) is 4.90 Å². The number of ether oxygens (including phenoxy) is 1. The third-order valence-corrected chi connectivity index (χ3v) is 8.56. The summed E-state index contributed by atoms with van der Waals surface area (Å²) in [6.45, 7) is 7.39. The summed E-state index contributed by atoms with van der Waals surface area (Å²) in [5.74, 6) is 0.686. The number of primary sulfonamides is 1. The number of H-pyrrole nitrogens is 1. The molecule has 0 radical (unpaired) electrons. The molecule has 0 unspecified atom stereocenters. The predicted molar refractivity (Wildman–Crippen MR) is 160 cm³/mol. The Morgan fingerprint density at radius 2 is 1.80 bits per heavy atom. The Balaban J connectivity index is 1.38. The van der Waals surface area contributed by atoms with Crippen molar-refractivity contribution in [2.75, 3.05) is 36.5 Å². The normalized spacial score (nSPS) is 14.2. The number of pyridine rings is 1. The molecule has 0 spiro atoms. The first-order chi connectivity index (χ1) is 19.2. The highest BCUT2D eigenvalue weighted by Gasteiger charge is 2.20. The van der Waals surface area contributed by atoms with Crippen molar-refractivity contribution in [3.05, 3.63) is 76.7 Å². The fraction of sp³-hybridized carbons (Fsp3) is 0.214. The molecular weight excluding hydrogens is 594 g/mol. The zero-order valence-corrected chi connectivity index (χ0v) is 24.4. The van der Waals surface area contributed by atoms with E-state index in [1.807, 2.05) is 0 Å². The minimum atomic E-state index is -3.84. The highest BCUT2D eigenvalue weighted by atomic mass is 79.9. The Morgan fingerprint density at radius 1 is 1.05 bits per heavy atom. The number of sulfonamides is 1. The van der Waals surface area contributed by atoms with Crippen LogP contribution in [0.25, 0.3) is 28.2 Å². The van der Waals surface area contributed by atoms with E-state index in [9.17, 15) is 8.42 Å². The molecule has 10 nitrogen and oxygen atoms in total. The molecule has 4 N–H and O–H groups in total. The molecule has 1 fully saturated rings. The van der Waals surface area contributed by atoms with Crippen LogP contribution in [0.3, 0.4) is 0 Å². The van der Waals surface area contributed by atoms with Crippen LogP contribution in [0.2, 0.25) is 0 Å². The SMILES string of the molecule is Cc1cc(-c2nc3c(Nc4cccc(S(N)(=O)=O)c4)c(Br)cnc3[nH]2)c(C)n1-c1cccc(N2CCOCC2)c1. The number of fused-ring (bicyclic) bond motifs is 1. The number of halogens is 1. The van der Waals surface area contributed by atoms with Gasteiger partial charge in [0.25, 0.3) is 0 Å². The van der Waals surface area contributed by atoms with Gasteiger partial charge in [0, 0.05) is 53.3 Å². The fourth-order valence-electron chi connectivity index (χ4n) is 5.12. The molecule has 5 aromatic rings. The summed E-state index contributed by atoms with van der Waals surface area (Å²) in [5.41, 5.74) is 7.78. The van der Waals surface area contributed by atoms with Gasteiger partial charge >= 0.3 is 0 Å². The molecule has 0 amide bonds. The number of morpholine rings is 1. The van der Waals surface area contributed by atoms with Crippen molar-refractivity contribution in [2.45, 2.75) is 18.7 Å². The van der Waals surface area contributed by atoms with Crippen LogP contribution in [0.1, 0.15) is 11.4 Å². The van der Waals surface area contributed by atoms with E-state index in [1.165, 1.54) is 17.8 Å². The van der Waals surface area contributed by atoms with Crippen LogP contribution in [-0.4, -0.2) is 54.2 Å². The van der Waals surface area contributed by atoms with E-state index in [0.29, 0.717) is 32.8 Å². The maximum absolute atomic E-state index is 11.8. The highest BCUT2D eigenvalue weighted by molar-refractivity contribution is 9.10. The van der Waals surface area contributed by atoms with Gasteiger partial charge in [-0.05, 0) is 72.2 Å². The van der Waals surface area contributed by atoms with Gasteiger partial charge in [0.2, 0.25) is 10.0 Å². The lowest BCUT2D eigenvalue weighted by Gasteiger charge is -2.29. The molecule has 3 aromatic heterocycles. The molecule has 206 valence electrons. The van der Waals surface area contributed by atoms with Gasteiger partial charge in [-0.15, -0.1) is 0 Å². The second kappa shape index (κ2) is 10.4. The number of imidazole rings is 1. The number of rotatable bonds is 6. The van der Waals surface area contributed by atoms with Crippen molar-refractivity contribution in [2.24, 2.45) is 5.14 Å². The Labute approximate surface area is 240 Å². The summed E-state index contributed by atoms with van der Waals surface area (Å²) in [6.07, 6.45) is 1.68. The number of anilines is 3. The van der Waals surface area contributed by atoms with E-state index < -0.39 is 10.0 Å². The van der Waals surface area contributed by atoms with Crippen molar-refractivity contribution < 1.29 is 13.2 Å². The highest BCUT2D eigenvalue weighted by Crippen LogP contribution is 2.35. The summed E-state index contributed by atoms with van der Waals surface area (Å²) in [6, 6.07) is 17.0. The number of aromatic nitrogens is 4. The molecule has 40 heavy (non-hydrogen) atoms. The number of aryl methyl sites for hydroxylation is 1. The summed E-state index contributed by atoms with van der Waals surface area (Å²) >= 11 is 3.56. The maximum Gasteiger partial charge on any atom is 0.238 e. The van der Waals surface area contributed by atoms with Crippen LogP contribution in [-0.2, 0) is 14.8 Å². The van der Waals surface area contributed by atoms with Crippen LogP contribution in [0.15, 0.2) is 70.2 Å². The summed E-state index contributed by atoms with van der Waals surface area (Å²) in [7, 11) is -3.84. The number of nitrogens with two attached hydrogens (primary N) is 1. The first kappa shape index (κ1) is 26.5. The third kappa shape index (κ3) is 4.99. The number of aromatic amines is 1. The second-order valence-corrected chi connectivity index (χ2v) is 12.1. The van der Waals surface area contributed by atoms with Crippen molar-refractivity contribution >= 4 is 54.2 Å². The van der Waals surface area contributed by atoms with Crippen molar-refractivity contribution in [1.29, 1.82) is 0 Å². The van der Waals surface area contributed by atoms with Crippen LogP contribution in [0.5, 0.6) is 0 Å². The molecule has 6 rings (SSSR count). The van der Waals surface area contributed by atoms with Gasteiger partial charge in [0.15, 0.2) is 5.65 Å². The third-order valence-electron chi connectivity index (χ3n) is 7.05. The Kier molecular flexibility index (Phi) is 6.87. The van der Waals surface area contributed by atoms with Crippen molar-refractivity contribution in [3.8, 4) is 17.1 Å². The molecule has 12 heteroatoms. The molecule has 4 heterocycles. The van der Waals surface area contributed by atoms with E-state index in [2.05, 4.69) is 84.9 Å². The number of nitrogens with one attached hydrogen (secondary N) is 2. The van der Waals surface area contributed by atoms with Gasteiger partial charge in [-0.25, -0.2) is 23.5 Å². The lowest BCUT2D eigenvalue weighted by atomic mass is 10.2. The summed E-state index contributed by atoms with van der Waals surface area (Å²) < 4.78 is 32.1. The van der Waals surface area contributed by atoms with Gasteiger partial charge in [0.05, 0.1) is 28.3 Å². The van der Waals surface area contributed by atoms with E-state index in [1.54, 1.807) is 18.3 Å². The molecule has 1 aliphatic heterocycles. The average molecular weight is 623 g/mol. The predicted octanol–water partition coefficient (Wildman–Crippen LogP) is 5.02. The van der Waals surface area contributed by atoms with Crippen molar-refractivity contribution in [3.63, 3.8) is 0 Å². The Hall–Kier alpha value is -3.71. The zero-order chi connectivity index (χ0) is 28.0. The molecule has 0 saturated carbocycles. The number of hydrogen-bond donors (Lipinski definition) is 3. The van der Waals surface area contributed by atoms with Crippen LogP contribution < -0.4 is 15.4 Å². The minimum Gasteiger partial charge on any atom is -0.378 e. The molecule has 1 saturated heterocycles. The van der Waals surface area contributed by atoms with Crippen LogP contribution in [0.4, 0.5) is 17.1 Å². The molecule has 0 atom stereocenters. The van der Waals surface area contributed by atoms with Gasteiger partial charge in [-0.2, -0.15) is 0 Å². The molecule has 0 bridgehead atoms. The lowest BCUT2D eigenvalue weighted by molar-refractivity contribution is 0.122. The topological polar surface area (TPSA) is 131 Å². The van der Waals surface area contributed by atoms with Gasteiger partial charge in [-0.3, -0.25) is 0 Å². The van der Waals surface area contributed by atoms with Crippen molar-refractivity contribution in [1.82, 2.24) is 19.5 Å². The monoisotopic (exact) mass is 621 g/mol. The number of hydrogen-bond acceptors (Lipinski definition) is 7. The first-order valence-corrected chi connectivity index (χ1v) is 15.1. The molecule has 1 aliphatic rings. The van der Waals surface area contributed by atoms with E-state index in [0.717, 1.165) is 48.9 Å². The Morgan fingerprint density at radius 3 is 2.58 bits per heavy atom. The fourth-order valence-corrected chi connectivity index (χ4v) is 6.07. The quantitative estimate of drug-likeness (QED) is 0.242. The second-order valence-electron chi connectivity index (χ2n) is 9.70. The molecule has 2 aromatic carbocycles. The average Bonchev–Trinajstić information content (AvgIpc) is 3.51. The molecular formula is C28H28BrN7O3S. The van der Waals surface area contributed by atoms with Gasteiger partial charge in [0.1, 0.15) is 11.3 Å². The zero-order valence-electron chi connectivity index (χ0n) is 22.0. The summed E-state index contributed by atoms with van der Waals surface area (Å²) in [4.78, 5) is 15.2. The largest absolute Gasteiger partial charge is 0.378 e. The maximum atomic E-state index is 11.8. The van der Waals surface area contributed by atoms with Gasteiger partial charge in [-0.1, -0.05) is 12.1 Å². The molecule has 0 aliphatic carbocycles. The first-order valence-electron chi connectivity index (χ1n) is 12.8. The smallest absolute Gasteiger partial charge is 0.238 e. The van der Waals surface area contributed by atoms with Crippen LogP contribution >= 0.6 is 15.9 Å². The standard InChI is InChI=1S/C28H28BrN7O3S/c1-17-13-23(18(2)36(17)21-7-4-6-20(15-21)35-9-11-39-12-10-35)27-33-26-25(24(29)16-31-28(26)34-27)32-19-5-3-8-22(14-19)40(30,37)38/h3-8,13-16H,9-12H2,1-2H3,(H2,30,37,38)(H2,31,32,33,34). The van der Waals surface area contributed by atoms with E-state index >= 15 is 0 Å². The van der Waals surface area contributed by atoms with Crippen LogP contribution in [0, 0.1) is 13.8 Å².